The standard InChI is InChI=1S/C28H29N5O5/c29-17-20-15-21(1-3-25(20)32-8-5-22(6-9-32)31-11-13-35-14-12-31)30-28(34)38-24-7-10-33(18-24)23-2-4-26-27(16-23)37-19-36-26/h1-4,7,10,15-16,18,22H,5-6,8-9,11-14,19H2,(H,30,34). The Balaban J connectivity index is 1.06. The summed E-state index contributed by atoms with van der Waals surface area (Å²) in [6.45, 7) is 5.60. The summed E-state index contributed by atoms with van der Waals surface area (Å²) in [5, 5.41) is 12.5. The van der Waals surface area contributed by atoms with E-state index in [1.807, 2.05) is 34.9 Å². The van der Waals surface area contributed by atoms with Gasteiger partial charge in [-0.1, -0.05) is 0 Å². The molecule has 1 N–H and O–H groups in total. The maximum absolute atomic E-state index is 12.6. The van der Waals surface area contributed by atoms with Crippen LogP contribution in [0.2, 0.25) is 0 Å². The highest BCUT2D eigenvalue weighted by molar-refractivity contribution is 5.87. The molecule has 10 nitrogen and oxygen atoms in total. The molecule has 0 bridgehead atoms. The Morgan fingerprint density at radius 2 is 1.82 bits per heavy atom. The number of amides is 1. The summed E-state index contributed by atoms with van der Waals surface area (Å²) in [4.78, 5) is 17.3. The van der Waals surface area contributed by atoms with E-state index in [1.54, 1.807) is 24.5 Å². The number of fused-ring (bicyclic) bond motifs is 1. The average Bonchev–Trinajstić information content (AvgIpc) is 3.63. The maximum atomic E-state index is 12.6. The number of rotatable bonds is 5. The fraction of sp³-hybridized carbons (Fsp3) is 0.357. The van der Waals surface area contributed by atoms with Gasteiger partial charge in [-0.25, -0.2) is 4.79 Å². The summed E-state index contributed by atoms with van der Waals surface area (Å²) in [5.41, 5.74) is 2.79. The fourth-order valence-electron chi connectivity index (χ4n) is 5.29. The molecule has 196 valence electrons. The summed E-state index contributed by atoms with van der Waals surface area (Å²) < 4.78 is 23.6. The van der Waals surface area contributed by atoms with E-state index < -0.39 is 6.09 Å². The first-order valence-corrected chi connectivity index (χ1v) is 12.8. The number of nitrogens with zero attached hydrogens (tertiary/aromatic N) is 4. The number of aromatic nitrogens is 1. The molecule has 3 aromatic rings. The van der Waals surface area contributed by atoms with Crippen LogP contribution in [-0.4, -0.2) is 67.8 Å². The van der Waals surface area contributed by atoms with Crippen molar-refractivity contribution in [3.63, 3.8) is 0 Å². The van der Waals surface area contributed by atoms with Gasteiger partial charge in [-0.2, -0.15) is 5.26 Å². The van der Waals surface area contributed by atoms with E-state index in [9.17, 15) is 10.1 Å². The molecule has 0 aliphatic carbocycles. The van der Waals surface area contributed by atoms with Gasteiger partial charge < -0.3 is 28.4 Å². The van der Waals surface area contributed by atoms with E-state index >= 15 is 0 Å². The van der Waals surface area contributed by atoms with E-state index in [0.717, 1.165) is 63.6 Å². The fourth-order valence-corrected chi connectivity index (χ4v) is 5.29. The van der Waals surface area contributed by atoms with Crippen LogP contribution in [0.1, 0.15) is 18.4 Å². The minimum Gasteiger partial charge on any atom is -0.454 e. The van der Waals surface area contributed by atoms with Gasteiger partial charge in [-0.05, 0) is 49.2 Å². The van der Waals surface area contributed by atoms with Gasteiger partial charge in [0.2, 0.25) is 6.79 Å². The monoisotopic (exact) mass is 515 g/mol. The van der Waals surface area contributed by atoms with Crippen LogP contribution < -0.4 is 24.4 Å². The molecule has 10 heteroatoms. The third-order valence-electron chi connectivity index (χ3n) is 7.26. The van der Waals surface area contributed by atoms with Crippen molar-refractivity contribution in [1.82, 2.24) is 9.47 Å². The number of piperidine rings is 1. The largest absolute Gasteiger partial charge is 0.454 e. The zero-order valence-electron chi connectivity index (χ0n) is 21.0. The van der Waals surface area contributed by atoms with E-state index in [2.05, 4.69) is 21.2 Å². The van der Waals surface area contributed by atoms with Crippen LogP contribution in [0.25, 0.3) is 5.69 Å². The molecular weight excluding hydrogens is 486 g/mol. The molecule has 0 spiro atoms. The second-order valence-electron chi connectivity index (χ2n) is 9.52. The van der Waals surface area contributed by atoms with Crippen LogP contribution in [0.5, 0.6) is 17.2 Å². The minimum atomic E-state index is -0.628. The quantitative estimate of drug-likeness (QED) is 0.545. The smallest absolute Gasteiger partial charge is 0.417 e. The molecule has 38 heavy (non-hydrogen) atoms. The van der Waals surface area contributed by atoms with E-state index in [0.29, 0.717) is 34.5 Å². The first kappa shape index (κ1) is 24.2. The van der Waals surface area contributed by atoms with Crippen LogP contribution in [0.15, 0.2) is 54.9 Å². The number of benzene rings is 2. The van der Waals surface area contributed by atoms with Crippen LogP contribution in [0.4, 0.5) is 16.2 Å². The number of hydrogen-bond acceptors (Lipinski definition) is 8. The highest BCUT2D eigenvalue weighted by Gasteiger charge is 2.27. The van der Waals surface area contributed by atoms with Gasteiger partial charge >= 0.3 is 6.09 Å². The summed E-state index contributed by atoms with van der Waals surface area (Å²) in [6, 6.07) is 15.6. The van der Waals surface area contributed by atoms with Crippen molar-refractivity contribution < 1.29 is 23.7 Å². The van der Waals surface area contributed by atoms with Gasteiger partial charge in [0.25, 0.3) is 0 Å². The molecule has 1 aromatic heterocycles. The summed E-state index contributed by atoms with van der Waals surface area (Å²) in [5.74, 6) is 1.77. The Kier molecular flexibility index (Phi) is 6.77. The van der Waals surface area contributed by atoms with Crippen LogP contribution in [-0.2, 0) is 4.74 Å². The van der Waals surface area contributed by atoms with Crippen LogP contribution >= 0.6 is 0 Å². The topological polar surface area (TPSA) is 101 Å². The number of hydrogen-bond donors (Lipinski definition) is 1. The van der Waals surface area contributed by atoms with Crippen molar-refractivity contribution in [3.8, 4) is 29.0 Å². The summed E-state index contributed by atoms with van der Waals surface area (Å²) in [6.07, 6.45) is 5.00. The lowest BCUT2D eigenvalue weighted by atomic mass is 10.0. The summed E-state index contributed by atoms with van der Waals surface area (Å²) in [7, 11) is 0. The van der Waals surface area contributed by atoms with Crippen molar-refractivity contribution in [2.24, 2.45) is 0 Å². The highest BCUT2D eigenvalue weighted by Crippen LogP contribution is 2.34. The number of ether oxygens (including phenoxy) is 4. The first-order valence-electron chi connectivity index (χ1n) is 12.8. The number of carbonyl (C=O) groups excluding carboxylic acids is 1. The molecule has 2 fully saturated rings. The van der Waals surface area contributed by atoms with Crippen molar-refractivity contribution in [3.05, 3.63) is 60.4 Å². The van der Waals surface area contributed by atoms with Gasteiger partial charge in [0.15, 0.2) is 17.2 Å². The Hall–Kier alpha value is -4.20. The lowest BCUT2D eigenvalue weighted by Crippen LogP contribution is -2.49. The molecule has 0 saturated carbocycles. The number of anilines is 2. The molecule has 3 aliphatic heterocycles. The molecular formula is C28H29N5O5. The molecule has 6 rings (SSSR count). The van der Waals surface area contributed by atoms with E-state index in [-0.39, 0.29) is 6.79 Å². The van der Waals surface area contributed by atoms with Gasteiger partial charge in [0.1, 0.15) is 6.07 Å². The number of nitrogens with one attached hydrogen (secondary N) is 1. The van der Waals surface area contributed by atoms with Gasteiger partial charge in [0.05, 0.1) is 30.7 Å². The molecule has 4 heterocycles. The average molecular weight is 516 g/mol. The zero-order chi connectivity index (χ0) is 25.9. The van der Waals surface area contributed by atoms with Gasteiger partial charge in [-0.3, -0.25) is 10.2 Å². The number of morpholine rings is 1. The van der Waals surface area contributed by atoms with Crippen molar-refractivity contribution in [2.45, 2.75) is 18.9 Å². The van der Waals surface area contributed by atoms with Crippen molar-refractivity contribution >= 4 is 17.5 Å². The number of carbonyl (C=O) groups is 1. The van der Waals surface area contributed by atoms with Crippen molar-refractivity contribution in [1.29, 1.82) is 5.26 Å². The second kappa shape index (κ2) is 10.7. The normalized spacial score (nSPS) is 17.7. The molecule has 0 radical (unpaired) electrons. The van der Waals surface area contributed by atoms with E-state index in [1.165, 1.54) is 0 Å². The Morgan fingerprint density at radius 1 is 1.00 bits per heavy atom. The van der Waals surface area contributed by atoms with Crippen LogP contribution in [0.3, 0.4) is 0 Å². The van der Waals surface area contributed by atoms with Gasteiger partial charge in [-0.15, -0.1) is 0 Å². The van der Waals surface area contributed by atoms with Crippen LogP contribution in [0, 0.1) is 11.3 Å². The molecule has 3 aliphatic rings. The molecule has 0 atom stereocenters. The number of nitriles is 1. The Labute approximate surface area is 220 Å². The molecule has 2 saturated heterocycles. The third-order valence-corrected chi connectivity index (χ3v) is 7.26. The lowest BCUT2D eigenvalue weighted by molar-refractivity contribution is 0.0115. The lowest BCUT2D eigenvalue weighted by Gasteiger charge is -2.41. The Bertz CT molecular complexity index is 1350. The SMILES string of the molecule is N#Cc1cc(NC(=O)Oc2ccn(-c3ccc4c(c3)OCO4)c2)ccc1N1CCC(N2CCOCC2)CC1. The van der Waals surface area contributed by atoms with Crippen molar-refractivity contribution in [2.75, 3.05) is 56.4 Å². The summed E-state index contributed by atoms with van der Waals surface area (Å²) >= 11 is 0. The molecule has 0 unspecified atom stereocenters. The van der Waals surface area contributed by atoms with E-state index in [4.69, 9.17) is 18.9 Å². The predicted octanol–water partition coefficient (Wildman–Crippen LogP) is 3.99. The predicted molar refractivity (Wildman–Crippen MR) is 140 cm³/mol. The Morgan fingerprint density at radius 3 is 2.63 bits per heavy atom. The highest BCUT2D eigenvalue weighted by atomic mass is 16.7. The molecule has 1 amide bonds. The first-order chi connectivity index (χ1) is 18.7. The third kappa shape index (κ3) is 5.11. The maximum Gasteiger partial charge on any atom is 0.417 e. The minimum absolute atomic E-state index is 0.209. The second-order valence-corrected chi connectivity index (χ2v) is 9.52. The van der Waals surface area contributed by atoms with Gasteiger partial charge in [0, 0.05) is 55.9 Å². The molecule has 2 aromatic carbocycles. The zero-order valence-corrected chi connectivity index (χ0v) is 21.0.